The minimum Gasteiger partial charge on any atom is -0.493 e. The number of fused-ring (bicyclic) bond motifs is 1. The molecule has 2 aromatic carbocycles. The number of methoxy groups -OCH3 is 1. The van der Waals surface area contributed by atoms with Crippen LogP contribution in [0.25, 0.3) is 5.95 Å². The Morgan fingerprint density at radius 2 is 1.94 bits per heavy atom. The largest absolute Gasteiger partial charge is 0.493 e. The molecule has 0 aliphatic carbocycles. The van der Waals surface area contributed by atoms with Crippen LogP contribution in [0.15, 0.2) is 59.7 Å². The van der Waals surface area contributed by atoms with Gasteiger partial charge in [-0.15, -0.1) is 9.78 Å². The van der Waals surface area contributed by atoms with Crippen LogP contribution in [-0.4, -0.2) is 50.9 Å². The van der Waals surface area contributed by atoms with E-state index in [9.17, 15) is 4.79 Å². The number of amidine groups is 1. The van der Waals surface area contributed by atoms with Crippen molar-refractivity contribution < 1.29 is 14.2 Å². The van der Waals surface area contributed by atoms with E-state index >= 15 is 0 Å². The maximum atomic E-state index is 12.8. The summed E-state index contributed by atoms with van der Waals surface area (Å²) in [4.78, 5) is 23.9. The summed E-state index contributed by atoms with van der Waals surface area (Å²) in [7, 11) is 1.57. The molecule has 4 N–H and O–H groups in total. The van der Waals surface area contributed by atoms with Gasteiger partial charge < -0.3 is 19.9 Å². The molecule has 0 amide bonds. The summed E-state index contributed by atoms with van der Waals surface area (Å²) in [5, 5.41) is 12.2. The molecule has 11 heteroatoms. The first kappa shape index (κ1) is 22.1. The van der Waals surface area contributed by atoms with E-state index in [4.69, 9.17) is 25.4 Å². The third-order valence-electron chi connectivity index (χ3n) is 5.66. The van der Waals surface area contributed by atoms with Crippen molar-refractivity contribution in [1.82, 2.24) is 24.7 Å². The second-order valence-electron chi connectivity index (χ2n) is 7.89. The summed E-state index contributed by atoms with van der Waals surface area (Å²) in [5.74, 6) is 1.86. The Morgan fingerprint density at radius 1 is 1.20 bits per heavy atom. The molecule has 1 atom stereocenters. The second-order valence-corrected chi connectivity index (χ2v) is 7.89. The van der Waals surface area contributed by atoms with Crippen molar-refractivity contribution in [2.45, 2.75) is 12.3 Å². The van der Waals surface area contributed by atoms with Crippen LogP contribution in [0.5, 0.6) is 17.2 Å². The van der Waals surface area contributed by atoms with Gasteiger partial charge in [-0.25, -0.2) is 14.8 Å². The average Bonchev–Trinajstić information content (AvgIpc) is 3.28. The van der Waals surface area contributed by atoms with Crippen molar-refractivity contribution in [2.24, 2.45) is 5.73 Å². The lowest BCUT2D eigenvalue weighted by Crippen LogP contribution is -2.18. The maximum absolute atomic E-state index is 12.8. The van der Waals surface area contributed by atoms with E-state index in [1.165, 1.54) is 0 Å². The third-order valence-corrected chi connectivity index (χ3v) is 5.66. The summed E-state index contributed by atoms with van der Waals surface area (Å²) >= 11 is 0. The van der Waals surface area contributed by atoms with E-state index < -0.39 is 5.69 Å². The van der Waals surface area contributed by atoms with Gasteiger partial charge >= 0.3 is 5.69 Å². The molecular formula is C24H23N7O4. The van der Waals surface area contributed by atoms with E-state index in [1.807, 2.05) is 24.3 Å². The van der Waals surface area contributed by atoms with Crippen LogP contribution in [0.4, 0.5) is 0 Å². The smallest absolute Gasteiger partial charge is 0.350 e. The fourth-order valence-corrected chi connectivity index (χ4v) is 3.96. The Kier molecular flexibility index (Phi) is 5.88. The summed E-state index contributed by atoms with van der Waals surface area (Å²) in [6, 6.07) is 12.8. The number of benzene rings is 2. The van der Waals surface area contributed by atoms with E-state index in [0.717, 1.165) is 15.8 Å². The predicted octanol–water partition coefficient (Wildman–Crippen LogP) is 1.79. The van der Waals surface area contributed by atoms with Gasteiger partial charge in [0.2, 0.25) is 5.75 Å². The minimum absolute atomic E-state index is 0.00407. The number of nitrogens with zero attached hydrogens (tertiary/aromatic N) is 4. The molecule has 0 saturated heterocycles. The Labute approximate surface area is 200 Å². The number of hydrogen-bond acceptors (Lipinski definition) is 8. The SMILES string of the molecule is COc1cc(C(Cc2ccc(C(=N)N)cc2)c2nn(-c3ncccn3)c(=O)[nH]2)cc2c1OCCO2. The molecular weight excluding hydrogens is 450 g/mol. The zero-order valence-electron chi connectivity index (χ0n) is 18.9. The Morgan fingerprint density at radius 3 is 2.66 bits per heavy atom. The first-order valence-electron chi connectivity index (χ1n) is 10.9. The highest BCUT2D eigenvalue weighted by atomic mass is 16.6. The van der Waals surface area contributed by atoms with Crippen LogP contribution >= 0.6 is 0 Å². The van der Waals surface area contributed by atoms with Crippen molar-refractivity contribution in [3.05, 3.63) is 87.9 Å². The van der Waals surface area contributed by atoms with Gasteiger partial charge in [0.25, 0.3) is 5.95 Å². The van der Waals surface area contributed by atoms with E-state index in [2.05, 4.69) is 20.1 Å². The zero-order chi connectivity index (χ0) is 24.4. The minimum atomic E-state index is -0.451. The van der Waals surface area contributed by atoms with Crippen LogP contribution in [0.2, 0.25) is 0 Å². The molecule has 0 spiro atoms. The van der Waals surface area contributed by atoms with Crippen molar-refractivity contribution >= 4 is 5.84 Å². The lowest BCUT2D eigenvalue weighted by molar-refractivity contribution is 0.165. The zero-order valence-corrected chi connectivity index (χ0v) is 18.9. The number of nitrogen functional groups attached to an aromatic ring is 1. The third kappa shape index (κ3) is 4.43. The number of aromatic nitrogens is 5. The lowest BCUT2D eigenvalue weighted by atomic mass is 9.90. The summed E-state index contributed by atoms with van der Waals surface area (Å²) in [6.07, 6.45) is 3.58. The van der Waals surface area contributed by atoms with E-state index in [1.54, 1.807) is 37.7 Å². The van der Waals surface area contributed by atoms with Crippen molar-refractivity contribution in [3.63, 3.8) is 0 Å². The van der Waals surface area contributed by atoms with Gasteiger partial charge in [0.15, 0.2) is 11.5 Å². The summed E-state index contributed by atoms with van der Waals surface area (Å²) < 4.78 is 18.3. The van der Waals surface area contributed by atoms with Crippen LogP contribution in [-0.2, 0) is 6.42 Å². The van der Waals surface area contributed by atoms with Crippen LogP contribution in [0, 0.1) is 5.41 Å². The first-order valence-corrected chi connectivity index (χ1v) is 10.9. The Hall–Kier alpha value is -4.67. The van der Waals surface area contributed by atoms with Crippen molar-refractivity contribution in [2.75, 3.05) is 20.3 Å². The quantitative estimate of drug-likeness (QED) is 0.271. The molecule has 0 saturated carbocycles. The molecule has 0 bridgehead atoms. The van der Waals surface area contributed by atoms with Crippen molar-refractivity contribution in [3.8, 4) is 23.2 Å². The number of rotatable bonds is 7. The van der Waals surface area contributed by atoms with Crippen molar-refractivity contribution in [1.29, 1.82) is 5.41 Å². The predicted molar refractivity (Wildman–Crippen MR) is 127 cm³/mol. The fraction of sp³-hybridized carbons (Fsp3) is 0.208. The number of nitrogens with one attached hydrogen (secondary N) is 2. The highest BCUT2D eigenvalue weighted by Gasteiger charge is 2.26. The van der Waals surface area contributed by atoms with E-state index in [-0.39, 0.29) is 17.7 Å². The number of aromatic amines is 1. The Balaban J connectivity index is 1.60. The molecule has 3 heterocycles. The second kappa shape index (κ2) is 9.29. The van der Waals surface area contributed by atoms with Gasteiger partial charge in [0.1, 0.15) is 24.9 Å². The topological polar surface area (TPSA) is 154 Å². The number of ether oxygens (including phenoxy) is 3. The number of hydrogen-bond donors (Lipinski definition) is 3. The molecule has 0 radical (unpaired) electrons. The van der Waals surface area contributed by atoms with Crippen LogP contribution < -0.4 is 25.6 Å². The fourth-order valence-electron chi connectivity index (χ4n) is 3.96. The molecule has 0 fully saturated rings. The van der Waals surface area contributed by atoms with Gasteiger partial charge in [0.05, 0.1) is 7.11 Å². The molecule has 1 aliphatic rings. The summed E-state index contributed by atoms with van der Waals surface area (Å²) in [6.45, 7) is 0.858. The first-order chi connectivity index (χ1) is 17.0. The molecule has 178 valence electrons. The van der Waals surface area contributed by atoms with Gasteiger partial charge in [0, 0.05) is 23.9 Å². The summed E-state index contributed by atoms with van der Waals surface area (Å²) in [5.41, 5.74) is 7.55. The van der Waals surface area contributed by atoms with E-state index in [0.29, 0.717) is 48.3 Å². The Bertz CT molecular complexity index is 1400. The normalized spacial score (nSPS) is 13.3. The molecule has 2 aromatic heterocycles. The highest BCUT2D eigenvalue weighted by Crippen LogP contribution is 2.43. The van der Waals surface area contributed by atoms with Crippen LogP contribution in [0.3, 0.4) is 0 Å². The molecule has 35 heavy (non-hydrogen) atoms. The average molecular weight is 473 g/mol. The molecule has 4 aromatic rings. The number of nitrogens with two attached hydrogens (primary N) is 1. The maximum Gasteiger partial charge on any atom is 0.350 e. The van der Waals surface area contributed by atoms with Gasteiger partial charge in [-0.05, 0) is 35.7 Å². The van der Waals surface area contributed by atoms with Gasteiger partial charge in [-0.2, -0.15) is 0 Å². The van der Waals surface area contributed by atoms with Gasteiger partial charge in [-0.3, -0.25) is 10.4 Å². The standard InChI is InChI=1S/C24H23N7O4/c1-33-18-12-16(13-19-20(18)35-10-9-34-19)17(11-14-3-5-15(6-4-14)21(25)26)22-29-24(32)31(30-22)23-27-7-2-8-28-23/h2-8,12-13,17H,9-11H2,1H3,(H3,25,26)(H,29,30,32). The molecule has 1 unspecified atom stereocenters. The van der Waals surface area contributed by atoms with Gasteiger partial charge in [-0.1, -0.05) is 24.3 Å². The molecule has 11 nitrogen and oxygen atoms in total. The monoisotopic (exact) mass is 473 g/mol. The molecule has 5 rings (SSSR count). The lowest BCUT2D eigenvalue weighted by Gasteiger charge is -2.23. The number of H-pyrrole nitrogens is 1. The highest BCUT2D eigenvalue weighted by molar-refractivity contribution is 5.94. The molecule has 1 aliphatic heterocycles. The van der Waals surface area contributed by atoms with Crippen LogP contribution in [0.1, 0.15) is 28.4 Å².